The Hall–Kier alpha value is -2.58. The summed E-state index contributed by atoms with van der Waals surface area (Å²) >= 11 is 0. The van der Waals surface area contributed by atoms with Gasteiger partial charge >= 0.3 is 12.3 Å². The SMILES string of the molecule is Cc1ccc([C@H](N(C)C(=O)C2CC(=O)N(C(=O)OC(C)(C)C)C2)C(F)(F)F)cc1. The van der Waals surface area contributed by atoms with Crippen LogP contribution in [0.5, 0.6) is 0 Å². The molecule has 0 bridgehead atoms. The third-order valence-electron chi connectivity index (χ3n) is 4.53. The van der Waals surface area contributed by atoms with Crippen LogP contribution in [-0.4, -0.2) is 53.1 Å². The Morgan fingerprint density at radius 3 is 2.21 bits per heavy atom. The van der Waals surface area contributed by atoms with E-state index in [4.69, 9.17) is 4.74 Å². The Bertz CT molecular complexity index is 784. The summed E-state index contributed by atoms with van der Waals surface area (Å²) in [6.45, 7) is 6.30. The van der Waals surface area contributed by atoms with Crippen molar-refractivity contribution in [3.05, 3.63) is 35.4 Å². The van der Waals surface area contributed by atoms with Crippen molar-refractivity contribution in [2.45, 2.75) is 51.9 Å². The molecule has 2 atom stereocenters. The van der Waals surface area contributed by atoms with Gasteiger partial charge in [0.15, 0.2) is 6.04 Å². The molecular formula is C20H25F3N2O4. The van der Waals surface area contributed by atoms with Gasteiger partial charge in [-0.25, -0.2) is 9.69 Å². The molecule has 1 aliphatic heterocycles. The molecular weight excluding hydrogens is 389 g/mol. The molecule has 3 amide bonds. The average molecular weight is 414 g/mol. The van der Waals surface area contributed by atoms with E-state index in [0.717, 1.165) is 17.5 Å². The van der Waals surface area contributed by atoms with Crippen LogP contribution >= 0.6 is 0 Å². The first kappa shape index (κ1) is 22.7. The second kappa shape index (κ2) is 8.04. The number of rotatable bonds is 3. The minimum atomic E-state index is -4.70. The van der Waals surface area contributed by atoms with E-state index in [1.54, 1.807) is 27.7 Å². The van der Waals surface area contributed by atoms with Crippen molar-refractivity contribution in [1.29, 1.82) is 0 Å². The van der Waals surface area contributed by atoms with E-state index in [9.17, 15) is 27.6 Å². The molecule has 0 saturated carbocycles. The van der Waals surface area contributed by atoms with E-state index in [1.807, 2.05) is 0 Å². The Balaban J connectivity index is 2.20. The van der Waals surface area contributed by atoms with Gasteiger partial charge < -0.3 is 9.64 Å². The summed E-state index contributed by atoms with van der Waals surface area (Å²) in [6, 6.07) is 3.57. The maximum atomic E-state index is 13.7. The molecule has 160 valence electrons. The van der Waals surface area contributed by atoms with Gasteiger partial charge in [-0.1, -0.05) is 29.8 Å². The maximum absolute atomic E-state index is 13.7. The van der Waals surface area contributed by atoms with Crippen LogP contribution in [-0.2, 0) is 14.3 Å². The predicted molar refractivity (Wildman–Crippen MR) is 98.8 cm³/mol. The molecule has 6 nitrogen and oxygen atoms in total. The van der Waals surface area contributed by atoms with Crippen molar-refractivity contribution in [3.8, 4) is 0 Å². The van der Waals surface area contributed by atoms with Gasteiger partial charge in [0.25, 0.3) is 0 Å². The van der Waals surface area contributed by atoms with Gasteiger partial charge in [0.2, 0.25) is 11.8 Å². The number of aryl methyl sites for hydroxylation is 1. The number of hydrogen-bond donors (Lipinski definition) is 0. The van der Waals surface area contributed by atoms with E-state index in [2.05, 4.69) is 0 Å². The largest absolute Gasteiger partial charge is 0.443 e. The normalized spacial score (nSPS) is 18.6. The molecule has 0 aromatic heterocycles. The van der Waals surface area contributed by atoms with Gasteiger partial charge in [-0.2, -0.15) is 13.2 Å². The second-order valence-corrected chi connectivity index (χ2v) is 8.19. The summed E-state index contributed by atoms with van der Waals surface area (Å²) in [5.41, 5.74) is -0.131. The topological polar surface area (TPSA) is 66.9 Å². The molecule has 0 radical (unpaired) electrons. The number of likely N-dealkylation sites (tertiary alicyclic amines) is 1. The number of ether oxygens (including phenoxy) is 1. The zero-order valence-electron chi connectivity index (χ0n) is 17.0. The Morgan fingerprint density at radius 1 is 1.17 bits per heavy atom. The number of benzene rings is 1. The van der Waals surface area contributed by atoms with Gasteiger partial charge in [0, 0.05) is 20.0 Å². The number of imide groups is 1. The quantitative estimate of drug-likeness (QED) is 0.754. The van der Waals surface area contributed by atoms with Crippen LogP contribution in [0.1, 0.15) is 44.4 Å². The van der Waals surface area contributed by atoms with Crippen LogP contribution in [0.25, 0.3) is 0 Å². The molecule has 1 aliphatic rings. The lowest BCUT2D eigenvalue weighted by Crippen LogP contribution is -2.43. The monoisotopic (exact) mass is 414 g/mol. The number of amides is 3. The van der Waals surface area contributed by atoms with Crippen LogP contribution in [0.3, 0.4) is 0 Å². The third kappa shape index (κ3) is 5.48. The molecule has 0 spiro atoms. The highest BCUT2D eigenvalue weighted by molar-refractivity contribution is 5.98. The van der Waals surface area contributed by atoms with Crippen molar-refractivity contribution >= 4 is 17.9 Å². The lowest BCUT2D eigenvalue weighted by molar-refractivity contribution is -0.190. The lowest BCUT2D eigenvalue weighted by atomic mass is 10.0. The Labute approximate surface area is 167 Å². The van der Waals surface area contributed by atoms with Crippen molar-refractivity contribution in [2.75, 3.05) is 13.6 Å². The summed E-state index contributed by atoms with van der Waals surface area (Å²) in [4.78, 5) is 38.4. The van der Waals surface area contributed by atoms with Crippen molar-refractivity contribution in [3.63, 3.8) is 0 Å². The summed E-state index contributed by atoms with van der Waals surface area (Å²) in [5, 5.41) is 0. The van der Waals surface area contributed by atoms with E-state index in [-0.39, 0.29) is 18.5 Å². The molecule has 1 heterocycles. The van der Waals surface area contributed by atoms with Gasteiger partial charge in [0.1, 0.15) is 5.60 Å². The first-order valence-corrected chi connectivity index (χ1v) is 9.14. The number of nitrogens with zero attached hydrogens (tertiary/aromatic N) is 2. The number of carbonyl (C=O) groups excluding carboxylic acids is 3. The van der Waals surface area contributed by atoms with Crippen LogP contribution in [0.4, 0.5) is 18.0 Å². The van der Waals surface area contributed by atoms with E-state index in [0.29, 0.717) is 4.90 Å². The lowest BCUT2D eigenvalue weighted by Gasteiger charge is -2.32. The molecule has 1 aromatic carbocycles. The molecule has 9 heteroatoms. The number of alkyl halides is 3. The molecule has 0 N–H and O–H groups in total. The van der Waals surface area contributed by atoms with E-state index >= 15 is 0 Å². The highest BCUT2D eigenvalue weighted by Crippen LogP contribution is 2.38. The zero-order valence-corrected chi connectivity index (χ0v) is 17.0. The standard InChI is InChI=1S/C20H25F3N2O4/c1-12-6-8-13(9-7-12)16(20(21,22)23)24(5)17(27)14-10-15(26)25(11-14)18(28)29-19(2,3)4/h6-9,14,16H,10-11H2,1-5H3/t14?,16-/m0/s1. The van der Waals surface area contributed by atoms with E-state index in [1.165, 1.54) is 24.3 Å². The predicted octanol–water partition coefficient (Wildman–Crippen LogP) is 3.84. The average Bonchev–Trinajstić information content (AvgIpc) is 2.95. The Kier molecular flexibility index (Phi) is 6.30. The van der Waals surface area contributed by atoms with Crippen molar-refractivity contribution in [1.82, 2.24) is 9.80 Å². The molecule has 1 unspecified atom stereocenters. The van der Waals surface area contributed by atoms with E-state index < -0.39 is 41.6 Å². The van der Waals surface area contributed by atoms with Crippen LogP contribution < -0.4 is 0 Å². The van der Waals surface area contributed by atoms with Gasteiger partial charge in [-0.15, -0.1) is 0 Å². The summed E-state index contributed by atoms with van der Waals surface area (Å²) in [7, 11) is 1.06. The highest BCUT2D eigenvalue weighted by Gasteiger charge is 2.48. The maximum Gasteiger partial charge on any atom is 0.417 e. The fourth-order valence-electron chi connectivity index (χ4n) is 3.16. The van der Waals surface area contributed by atoms with Crippen molar-refractivity contribution < 1.29 is 32.3 Å². The summed E-state index contributed by atoms with van der Waals surface area (Å²) < 4.78 is 46.3. The molecule has 2 rings (SSSR count). The molecule has 1 aromatic rings. The highest BCUT2D eigenvalue weighted by atomic mass is 19.4. The number of hydrogen-bond acceptors (Lipinski definition) is 4. The summed E-state index contributed by atoms with van der Waals surface area (Å²) in [5.74, 6) is -2.56. The van der Waals surface area contributed by atoms with Crippen LogP contribution in [0, 0.1) is 12.8 Å². The zero-order chi connectivity index (χ0) is 22.1. The Morgan fingerprint density at radius 2 is 1.72 bits per heavy atom. The first-order valence-electron chi connectivity index (χ1n) is 9.14. The first-order chi connectivity index (χ1) is 13.2. The van der Waals surface area contributed by atoms with Crippen molar-refractivity contribution in [2.24, 2.45) is 5.92 Å². The minimum absolute atomic E-state index is 0.0766. The number of halogens is 3. The van der Waals surface area contributed by atoms with Gasteiger partial charge in [-0.3, -0.25) is 9.59 Å². The summed E-state index contributed by atoms with van der Waals surface area (Å²) in [6.07, 6.45) is -5.96. The van der Waals surface area contributed by atoms with Gasteiger partial charge in [-0.05, 0) is 33.3 Å². The molecule has 29 heavy (non-hydrogen) atoms. The smallest absolute Gasteiger partial charge is 0.417 e. The fourth-order valence-corrected chi connectivity index (χ4v) is 3.16. The van der Waals surface area contributed by atoms with Crippen LogP contribution in [0.2, 0.25) is 0 Å². The number of carbonyl (C=O) groups is 3. The minimum Gasteiger partial charge on any atom is -0.443 e. The molecule has 1 fully saturated rings. The molecule has 0 aliphatic carbocycles. The third-order valence-corrected chi connectivity index (χ3v) is 4.53. The molecule has 1 saturated heterocycles. The fraction of sp³-hybridized carbons (Fsp3) is 0.550. The second-order valence-electron chi connectivity index (χ2n) is 8.19. The van der Waals surface area contributed by atoms with Crippen LogP contribution in [0.15, 0.2) is 24.3 Å². The van der Waals surface area contributed by atoms with Gasteiger partial charge in [0.05, 0.1) is 5.92 Å².